The van der Waals surface area contributed by atoms with E-state index in [2.05, 4.69) is 10.6 Å². The van der Waals surface area contributed by atoms with Gasteiger partial charge < -0.3 is 15.7 Å². The summed E-state index contributed by atoms with van der Waals surface area (Å²) in [7, 11) is 0. The molecule has 0 aromatic rings. The molecule has 0 radical (unpaired) electrons. The largest absolute Gasteiger partial charge is 0.481 e. The van der Waals surface area contributed by atoms with Crippen molar-refractivity contribution in [2.45, 2.75) is 52.5 Å². The highest BCUT2D eigenvalue weighted by molar-refractivity contribution is 5.83. The molecule has 1 amide bonds. The van der Waals surface area contributed by atoms with Crippen molar-refractivity contribution in [1.82, 2.24) is 10.6 Å². The van der Waals surface area contributed by atoms with Crippen LogP contribution in [0, 0.1) is 11.3 Å². The van der Waals surface area contributed by atoms with Gasteiger partial charge in [0.05, 0.1) is 11.3 Å². The maximum atomic E-state index is 12.1. The molecule has 5 heteroatoms. The Morgan fingerprint density at radius 1 is 1.37 bits per heavy atom. The maximum absolute atomic E-state index is 12.1. The Morgan fingerprint density at radius 3 is 2.58 bits per heavy atom. The molecule has 0 aromatic heterocycles. The third-order valence-electron chi connectivity index (χ3n) is 3.99. The van der Waals surface area contributed by atoms with Crippen molar-refractivity contribution in [2.75, 3.05) is 13.1 Å². The number of carbonyl (C=O) groups is 2. The molecule has 0 aliphatic carbocycles. The molecule has 1 aliphatic rings. The molecule has 1 aliphatic heterocycles. The zero-order valence-corrected chi connectivity index (χ0v) is 12.2. The van der Waals surface area contributed by atoms with Gasteiger partial charge in [0.2, 0.25) is 5.91 Å². The number of carboxylic acid groups (broad SMARTS) is 1. The zero-order chi connectivity index (χ0) is 14.5. The third-order valence-corrected chi connectivity index (χ3v) is 3.99. The van der Waals surface area contributed by atoms with Crippen LogP contribution in [-0.4, -0.2) is 36.1 Å². The van der Waals surface area contributed by atoms with Crippen molar-refractivity contribution in [1.29, 1.82) is 0 Å². The van der Waals surface area contributed by atoms with Crippen molar-refractivity contribution >= 4 is 11.9 Å². The maximum Gasteiger partial charge on any atom is 0.306 e. The van der Waals surface area contributed by atoms with Gasteiger partial charge in [-0.3, -0.25) is 9.59 Å². The molecule has 0 bridgehead atoms. The Kier molecular flexibility index (Phi) is 5.79. The summed E-state index contributed by atoms with van der Waals surface area (Å²) in [6.07, 6.45) is 3.19. The van der Waals surface area contributed by atoms with Gasteiger partial charge in [-0.1, -0.05) is 13.3 Å². The molecule has 110 valence electrons. The number of hydrogen-bond donors (Lipinski definition) is 3. The fraction of sp³-hybridized carbons (Fsp3) is 0.857. The van der Waals surface area contributed by atoms with Gasteiger partial charge in [-0.25, -0.2) is 0 Å². The minimum absolute atomic E-state index is 0.103. The van der Waals surface area contributed by atoms with E-state index in [1.54, 1.807) is 6.92 Å². The summed E-state index contributed by atoms with van der Waals surface area (Å²) in [5.41, 5.74) is -0.289. The molecular weight excluding hydrogens is 244 g/mol. The molecule has 5 nitrogen and oxygen atoms in total. The first-order valence-corrected chi connectivity index (χ1v) is 7.09. The summed E-state index contributed by atoms with van der Waals surface area (Å²) in [6, 6.07) is 0.103. The normalized spacial score (nSPS) is 25.8. The predicted octanol–water partition coefficient (Wildman–Crippen LogP) is 1.38. The lowest BCUT2D eigenvalue weighted by molar-refractivity contribution is -0.141. The summed E-state index contributed by atoms with van der Waals surface area (Å²) in [6.45, 7) is 7.32. The van der Waals surface area contributed by atoms with E-state index in [4.69, 9.17) is 5.11 Å². The van der Waals surface area contributed by atoms with Crippen LogP contribution in [0.15, 0.2) is 0 Å². The van der Waals surface area contributed by atoms with Crippen LogP contribution in [0.25, 0.3) is 0 Å². The van der Waals surface area contributed by atoms with E-state index in [1.165, 1.54) is 0 Å². The molecule has 1 saturated heterocycles. The molecule has 0 aromatic carbocycles. The van der Waals surface area contributed by atoms with Gasteiger partial charge in [-0.05, 0) is 39.7 Å². The van der Waals surface area contributed by atoms with Crippen molar-refractivity contribution < 1.29 is 14.7 Å². The summed E-state index contributed by atoms with van der Waals surface area (Å²) >= 11 is 0. The lowest BCUT2D eigenvalue weighted by atomic mass is 9.88. The molecule has 0 saturated carbocycles. The second-order valence-electron chi connectivity index (χ2n) is 6.03. The monoisotopic (exact) mass is 270 g/mol. The fourth-order valence-electron chi connectivity index (χ4n) is 2.33. The summed E-state index contributed by atoms with van der Waals surface area (Å²) in [5, 5.41) is 15.0. The van der Waals surface area contributed by atoms with Gasteiger partial charge in [-0.2, -0.15) is 0 Å². The van der Waals surface area contributed by atoms with Crippen molar-refractivity contribution in [3.63, 3.8) is 0 Å². The van der Waals surface area contributed by atoms with Crippen LogP contribution in [0.4, 0.5) is 0 Å². The summed E-state index contributed by atoms with van der Waals surface area (Å²) in [5.74, 6) is -0.947. The van der Waals surface area contributed by atoms with Crippen molar-refractivity contribution in [3.05, 3.63) is 0 Å². The van der Waals surface area contributed by atoms with Gasteiger partial charge in [0.25, 0.3) is 0 Å². The number of amides is 1. The highest BCUT2D eigenvalue weighted by Gasteiger charge is 2.36. The minimum atomic E-state index is -0.749. The van der Waals surface area contributed by atoms with E-state index in [1.807, 2.05) is 13.8 Å². The molecule has 1 fully saturated rings. The first-order chi connectivity index (χ1) is 8.85. The number of aliphatic carboxylic acids is 1. The fourth-order valence-corrected chi connectivity index (χ4v) is 2.33. The van der Waals surface area contributed by atoms with Crippen LogP contribution in [0.1, 0.15) is 46.5 Å². The number of rotatable bonds is 7. The van der Waals surface area contributed by atoms with Crippen LogP contribution in [0.5, 0.6) is 0 Å². The number of hydrogen-bond acceptors (Lipinski definition) is 3. The average Bonchev–Trinajstić information content (AvgIpc) is 2.77. The van der Waals surface area contributed by atoms with Crippen LogP contribution in [0.2, 0.25) is 0 Å². The summed E-state index contributed by atoms with van der Waals surface area (Å²) in [4.78, 5) is 22.8. The van der Waals surface area contributed by atoms with Crippen LogP contribution >= 0.6 is 0 Å². The SMILES string of the molecule is CC(CCCC(C)C(=O)O)NC(=O)C1(C)CCNC1. The highest BCUT2D eigenvalue weighted by Crippen LogP contribution is 2.24. The number of carbonyl (C=O) groups excluding carboxylic acids is 1. The van der Waals surface area contributed by atoms with Crippen molar-refractivity contribution in [3.8, 4) is 0 Å². The number of nitrogens with one attached hydrogen (secondary N) is 2. The molecule has 3 atom stereocenters. The van der Waals surface area contributed by atoms with Crippen molar-refractivity contribution in [2.24, 2.45) is 11.3 Å². The molecule has 1 heterocycles. The molecule has 3 unspecified atom stereocenters. The Labute approximate surface area is 115 Å². The van der Waals surface area contributed by atoms with Crippen LogP contribution in [0.3, 0.4) is 0 Å². The Hall–Kier alpha value is -1.10. The third kappa shape index (κ3) is 4.82. The molecule has 3 N–H and O–H groups in total. The van der Waals surface area contributed by atoms with E-state index in [-0.39, 0.29) is 23.3 Å². The van der Waals surface area contributed by atoms with Gasteiger partial charge in [0, 0.05) is 12.6 Å². The van der Waals surface area contributed by atoms with E-state index in [9.17, 15) is 9.59 Å². The smallest absolute Gasteiger partial charge is 0.306 e. The van der Waals surface area contributed by atoms with Gasteiger partial charge in [-0.15, -0.1) is 0 Å². The zero-order valence-electron chi connectivity index (χ0n) is 12.2. The Bertz CT molecular complexity index is 325. The number of carboxylic acids is 1. The van der Waals surface area contributed by atoms with Gasteiger partial charge in [0.1, 0.15) is 0 Å². The summed E-state index contributed by atoms with van der Waals surface area (Å²) < 4.78 is 0. The first-order valence-electron chi connectivity index (χ1n) is 7.09. The Morgan fingerprint density at radius 2 is 2.05 bits per heavy atom. The lowest BCUT2D eigenvalue weighted by Gasteiger charge is -2.24. The quantitative estimate of drug-likeness (QED) is 0.653. The standard InChI is InChI=1S/C14H26N2O3/c1-10(12(17)18)5-4-6-11(2)16-13(19)14(3)7-8-15-9-14/h10-11,15H,4-9H2,1-3H3,(H,16,19)(H,17,18). The lowest BCUT2D eigenvalue weighted by Crippen LogP contribution is -2.44. The average molecular weight is 270 g/mol. The second kappa shape index (κ2) is 6.89. The highest BCUT2D eigenvalue weighted by atomic mass is 16.4. The topological polar surface area (TPSA) is 78.4 Å². The molecule has 19 heavy (non-hydrogen) atoms. The van der Waals surface area contributed by atoms with Crippen LogP contribution in [-0.2, 0) is 9.59 Å². The van der Waals surface area contributed by atoms with E-state index in [0.717, 1.165) is 32.4 Å². The first kappa shape index (κ1) is 16.0. The van der Waals surface area contributed by atoms with E-state index >= 15 is 0 Å². The second-order valence-corrected chi connectivity index (χ2v) is 6.03. The van der Waals surface area contributed by atoms with E-state index < -0.39 is 5.97 Å². The minimum Gasteiger partial charge on any atom is -0.481 e. The van der Waals surface area contributed by atoms with Gasteiger partial charge >= 0.3 is 5.97 Å². The molecular formula is C14H26N2O3. The predicted molar refractivity (Wildman–Crippen MR) is 73.8 cm³/mol. The Balaban J connectivity index is 2.25. The molecule has 1 rings (SSSR count). The van der Waals surface area contributed by atoms with Crippen LogP contribution < -0.4 is 10.6 Å². The van der Waals surface area contributed by atoms with Gasteiger partial charge in [0.15, 0.2) is 0 Å². The van der Waals surface area contributed by atoms with E-state index in [0.29, 0.717) is 6.42 Å². The molecule has 0 spiro atoms.